The van der Waals surface area contributed by atoms with Gasteiger partial charge in [0.25, 0.3) is 0 Å². The van der Waals surface area contributed by atoms with E-state index in [-0.39, 0.29) is 0 Å². The Morgan fingerprint density at radius 3 is 3.13 bits per heavy atom. The molecule has 15 heavy (non-hydrogen) atoms. The molecule has 1 saturated heterocycles. The van der Waals surface area contributed by atoms with Gasteiger partial charge in [0.2, 0.25) is 5.88 Å². The normalized spacial score (nSPS) is 20.5. The molecule has 0 radical (unpaired) electrons. The minimum atomic E-state index is 0.493. The second-order valence-corrected chi connectivity index (χ2v) is 3.65. The van der Waals surface area contributed by atoms with Crippen molar-refractivity contribution in [3.63, 3.8) is 0 Å². The van der Waals surface area contributed by atoms with E-state index in [0.717, 1.165) is 26.2 Å². The Balaban J connectivity index is 1.82. The molecule has 82 valence electrons. The smallest absolute Gasteiger partial charge is 0.212 e. The van der Waals surface area contributed by atoms with E-state index in [1.54, 1.807) is 7.11 Å². The number of hydrogen-bond donors (Lipinski definition) is 1. The number of ether oxygens (including phenoxy) is 2. The van der Waals surface area contributed by atoms with Crippen molar-refractivity contribution in [2.75, 3.05) is 20.3 Å². The third-order valence-corrected chi connectivity index (χ3v) is 2.53. The van der Waals surface area contributed by atoms with Gasteiger partial charge in [-0.1, -0.05) is 6.07 Å². The fourth-order valence-corrected chi connectivity index (χ4v) is 1.59. The van der Waals surface area contributed by atoms with E-state index >= 15 is 0 Å². The number of pyridine rings is 1. The Labute approximate surface area is 89.6 Å². The van der Waals surface area contributed by atoms with E-state index in [4.69, 9.17) is 9.47 Å². The lowest BCUT2D eigenvalue weighted by atomic mass is 10.2. The van der Waals surface area contributed by atoms with Crippen LogP contribution in [-0.4, -0.2) is 31.3 Å². The van der Waals surface area contributed by atoms with Crippen LogP contribution in [0.3, 0.4) is 0 Å². The van der Waals surface area contributed by atoms with Gasteiger partial charge in [-0.05, 0) is 12.0 Å². The second-order valence-electron chi connectivity index (χ2n) is 3.65. The minimum Gasteiger partial charge on any atom is -0.481 e. The number of aromatic nitrogens is 1. The fourth-order valence-electron chi connectivity index (χ4n) is 1.59. The lowest BCUT2D eigenvalue weighted by Crippen LogP contribution is -2.28. The van der Waals surface area contributed by atoms with Gasteiger partial charge in [0.05, 0.1) is 13.7 Å². The van der Waals surface area contributed by atoms with Gasteiger partial charge in [-0.15, -0.1) is 0 Å². The molecule has 1 N–H and O–H groups in total. The predicted octanol–water partition coefficient (Wildman–Crippen LogP) is 0.969. The van der Waals surface area contributed by atoms with Crippen LogP contribution in [0.1, 0.15) is 12.0 Å². The fraction of sp³-hybridized carbons (Fsp3) is 0.545. The summed E-state index contributed by atoms with van der Waals surface area (Å²) in [4.78, 5) is 4.15. The molecule has 0 spiro atoms. The summed E-state index contributed by atoms with van der Waals surface area (Å²) in [6.07, 6.45) is 2.94. The Morgan fingerprint density at radius 1 is 1.60 bits per heavy atom. The third kappa shape index (κ3) is 2.91. The van der Waals surface area contributed by atoms with Crippen LogP contribution < -0.4 is 10.1 Å². The Morgan fingerprint density at radius 2 is 2.53 bits per heavy atom. The molecule has 1 aromatic rings. The minimum absolute atomic E-state index is 0.493. The van der Waals surface area contributed by atoms with E-state index in [1.165, 1.54) is 5.56 Å². The first-order chi connectivity index (χ1) is 7.38. The van der Waals surface area contributed by atoms with Crippen LogP contribution in [0.5, 0.6) is 5.88 Å². The van der Waals surface area contributed by atoms with Gasteiger partial charge in [-0.2, -0.15) is 0 Å². The van der Waals surface area contributed by atoms with Crippen molar-refractivity contribution in [3.05, 3.63) is 23.9 Å². The number of nitrogens with one attached hydrogen (secondary N) is 1. The van der Waals surface area contributed by atoms with Crippen LogP contribution in [0.4, 0.5) is 0 Å². The van der Waals surface area contributed by atoms with Crippen molar-refractivity contribution >= 4 is 0 Å². The second kappa shape index (κ2) is 5.09. The number of nitrogens with zero attached hydrogens (tertiary/aromatic N) is 1. The highest BCUT2D eigenvalue weighted by Gasteiger charge is 2.14. The first kappa shape index (κ1) is 10.4. The van der Waals surface area contributed by atoms with E-state index in [1.807, 2.05) is 18.3 Å². The first-order valence-electron chi connectivity index (χ1n) is 5.18. The standard InChI is InChI=1S/C11H16N2O2/c1-14-11-3-2-9(7-13-11)6-12-10-4-5-15-8-10/h2-3,7,10,12H,4-6,8H2,1H3. The molecular weight excluding hydrogens is 192 g/mol. The molecular formula is C11H16N2O2. The zero-order valence-electron chi connectivity index (χ0n) is 8.90. The van der Waals surface area contributed by atoms with Crippen molar-refractivity contribution in [1.29, 1.82) is 0 Å². The summed E-state index contributed by atoms with van der Waals surface area (Å²) >= 11 is 0. The van der Waals surface area contributed by atoms with Crippen molar-refractivity contribution in [3.8, 4) is 5.88 Å². The maximum atomic E-state index is 5.28. The molecule has 1 unspecified atom stereocenters. The van der Waals surface area contributed by atoms with Crippen LogP contribution in [0.25, 0.3) is 0 Å². The first-order valence-corrected chi connectivity index (χ1v) is 5.18. The summed E-state index contributed by atoms with van der Waals surface area (Å²) in [7, 11) is 1.62. The van der Waals surface area contributed by atoms with Gasteiger partial charge < -0.3 is 14.8 Å². The number of methoxy groups -OCH3 is 1. The van der Waals surface area contributed by atoms with E-state index in [9.17, 15) is 0 Å². The SMILES string of the molecule is COc1ccc(CNC2CCOC2)cn1. The van der Waals surface area contributed by atoms with Gasteiger partial charge in [-0.3, -0.25) is 0 Å². The molecule has 1 aliphatic heterocycles. The summed E-state index contributed by atoms with van der Waals surface area (Å²) in [5, 5.41) is 3.43. The molecule has 0 saturated carbocycles. The maximum absolute atomic E-state index is 5.28. The molecule has 1 aromatic heterocycles. The molecule has 4 nitrogen and oxygen atoms in total. The monoisotopic (exact) mass is 208 g/mol. The Hall–Kier alpha value is -1.13. The van der Waals surface area contributed by atoms with Gasteiger partial charge in [0, 0.05) is 31.5 Å². The maximum Gasteiger partial charge on any atom is 0.212 e. The molecule has 0 aromatic carbocycles. The molecule has 1 aliphatic rings. The highest BCUT2D eigenvalue weighted by atomic mass is 16.5. The summed E-state index contributed by atoms with van der Waals surface area (Å²) in [5.41, 5.74) is 1.17. The molecule has 0 amide bonds. The van der Waals surface area contributed by atoms with Crippen molar-refractivity contribution < 1.29 is 9.47 Å². The van der Waals surface area contributed by atoms with Crippen LogP contribution in [0, 0.1) is 0 Å². The topological polar surface area (TPSA) is 43.4 Å². The zero-order valence-corrected chi connectivity index (χ0v) is 8.90. The highest BCUT2D eigenvalue weighted by Crippen LogP contribution is 2.08. The number of rotatable bonds is 4. The molecule has 0 bridgehead atoms. The third-order valence-electron chi connectivity index (χ3n) is 2.53. The summed E-state index contributed by atoms with van der Waals surface area (Å²) in [6.45, 7) is 2.53. The van der Waals surface area contributed by atoms with Crippen LogP contribution in [0.15, 0.2) is 18.3 Å². The molecule has 4 heteroatoms. The lowest BCUT2D eigenvalue weighted by molar-refractivity contribution is 0.190. The van der Waals surface area contributed by atoms with Crippen molar-refractivity contribution in [2.45, 2.75) is 19.0 Å². The average Bonchev–Trinajstić information content (AvgIpc) is 2.80. The molecule has 2 rings (SSSR count). The highest BCUT2D eigenvalue weighted by molar-refractivity contribution is 5.17. The number of hydrogen-bond acceptors (Lipinski definition) is 4. The van der Waals surface area contributed by atoms with Gasteiger partial charge in [0.1, 0.15) is 0 Å². The van der Waals surface area contributed by atoms with Crippen LogP contribution in [-0.2, 0) is 11.3 Å². The quantitative estimate of drug-likeness (QED) is 0.800. The van der Waals surface area contributed by atoms with E-state index in [2.05, 4.69) is 10.3 Å². The largest absolute Gasteiger partial charge is 0.481 e. The predicted molar refractivity (Wildman–Crippen MR) is 56.9 cm³/mol. The van der Waals surface area contributed by atoms with Gasteiger partial charge in [-0.25, -0.2) is 4.98 Å². The van der Waals surface area contributed by atoms with Crippen LogP contribution >= 0.6 is 0 Å². The molecule has 2 heterocycles. The van der Waals surface area contributed by atoms with Crippen molar-refractivity contribution in [2.24, 2.45) is 0 Å². The molecule has 1 fully saturated rings. The molecule has 1 atom stereocenters. The van der Waals surface area contributed by atoms with Crippen LogP contribution in [0.2, 0.25) is 0 Å². The Kier molecular flexibility index (Phi) is 3.53. The lowest BCUT2D eigenvalue weighted by Gasteiger charge is -2.10. The Bertz CT molecular complexity index is 294. The summed E-state index contributed by atoms with van der Waals surface area (Å²) in [6, 6.07) is 4.39. The summed E-state index contributed by atoms with van der Waals surface area (Å²) in [5.74, 6) is 0.656. The van der Waals surface area contributed by atoms with E-state index in [0.29, 0.717) is 11.9 Å². The van der Waals surface area contributed by atoms with E-state index < -0.39 is 0 Å². The zero-order chi connectivity index (χ0) is 10.5. The summed E-state index contributed by atoms with van der Waals surface area (Å²) < 4.78 is 10.3. The van der Waals surface area contributed by atoms with Gasteiger partial charge in [0.15, 0.2) is 0 Å². The van der Waals surface area contributed by atoms with Crippen molar-refractivity contribution in [1.82, 2.24) is 10.3 Å². The van der Waals surface area contributed by atoms with Gasteiger partial charge >= 0.3 is 0 Å². The molecule has 0 aliphatic carbocycles. The average molecular weight is 208 g/mol.